The van der Waals surface area contributed by atoms with Gasteiger partial charge in [-0.2, -0.15) is 0 Å². The molecule has 3 rings (SSSR count). The van der Waals surface area contributed by atoms with Crippen LogP contribution in [0.2, 0.25) is 0 Å². The number of anilines is 1. The molecule has 1 heterocycles. The molecule has 2 amide bonds. The number of rotatable bonds is 5. The first-order chi connectivity index (χ1) is 12.5. The van der Waals surface area contributed by atoms with E-state index in [2.05, 4.69) is 10.6 Å². The SMILES string of the molecule is CC1(N)CCCCC1C(=O)NCc1ccc(NC(=O)c2ccco2)cc1. The van der Waals surface area contributed by atoms with E-state index in [1.807, 2.05) is 19.1 Å². The highest BCUT2D eigenvalue weighted by molar-refractivity contribution is 6.02. The molecule has 0 aliphatic heterocycles. The second-order valence-corrected chi connectivity index (χ2v) is 7.15. The van der Waals surface area contributed by atoms with Crippen LogP contribution in [0, 0.1) is 5.92 Å². The Morgan fingerprint density at radius 3 is 2.65 bits per heavy atom. The average Bonchev–Trinajstić information content (AvgIpc) is 3.15. The maximum absolute atomic E-state index is 12.5. The molecular weight excluding hydrogens is 330 g/mol. The summed E-state index contributed by atoms with van der Waals surface area (Å²) < 4.78 is 5.06. The van der Waals surface area contributed by atoms with Crippen molar-refractivity contribution >= 4 is 17.5 Å². The van der Waals surface area contributed by atoms with Gasteiger partial charge in [0.25, 0.3) is 5.91 Å². The van der Waals surface area contributed by atoms with Crippen LogP contribution >= 0.6 is 0 Å². The predicted molar refractivity (Wildman–Crippen MR) is 99.5 cm³/mol. The number of hydrogen-bond donors (Lipinski definition) is 3. The zero-order chi connectivity index (χ0) is 18.6. The number of furan rings is 1. The molecule has 0 radical (unpaired) electrons. The standard InChI is InChI=1S/C20H25N3O3/c1-20(21)11-3-2-5-16(20)18(24)22-13-14-7-9-15(10-8-14)23-19(25)17-6-4-12-26-17/h4,6-10,12,16H,2-3,5,11,13,21H2,1H3,(H,22,24)(H,23,25). The average molecular weight is 355 g/mol. The predicted octanol–water partition coefficient (Wildman–Crippen LogP) is 3.06. The molecule has 6 nitrogen and oxygen atoms in total. The molecule has 2 aromatic rings. The van der Waals surface area contributed by atoms with Gasteiger partial charge in [0.15, 0.2) is 5.76 Å². The molecule has 1 saturated carbocycles. The first-order valence-electron chi connectivity index (χ1n) is 8.96. The van der Waals surface area contributed by atoms with E-state index in [4.69, 9.17) is 10.2 Å². The minimum Gasteiger partial charge on any atom is -0.459 e. The molecule has 138 valence electrons. The first-order valence-corrected chi connectivity index (χ1v) is 8.96. The van der Waals surface area contributed by atoms with Crippen molar-refractivity contribution in [3.8, 4) is 0 Å². The van der Waals surface area contributed by atoms with E-state index in [0.717, 1.165) is 31.2 Å². The molecule has 1 aliphatic rings. The third-order valence-electron chi connectivity index (χ3n) is 4.99. The van der Waals surface area contributed by atoms with Gasteiger partial charge in [0.2, 0.25) is 5.91 Å². The van der Waals surface area contributed by atoms with Gasteiger partial charge in [0.05, 0.1) is 12.2 Å². The Morgan fingerprint density at radius 2 is 2.00 bits per heavy atom. The largest absolute Gasteiger partial charge is 0.459 e. The molecule has 1 aliphatic carbocycles. The summed E-state index contributed by atoms with van der Waals surface area (Å²) in [5, 5.41) is 5.75. The van der Waals surface area contributed by atoms with E-state index in [-0.39, 0.29) is 23.5 Å². The van der Waals surface area contributed by atoms with Gasteiger partial charge < -0.3 is 20.8 Å². The Balaban J connectivity index is 1.53. The maximum Gasteiger partial charge on any atom is 0.291 e. The maximum atomic E-state index is 12.5. The van der Waals surface area contributed by atoms with Crippen molar-refractivity contribution in [2.45, 2.75) is 44.7 Å². The second kappa shape index (κ2) is 7.74. The monoisotopic (exact) mass is 355 g/mol. The summed E-state index contributed by atoms with van der Waals surface area (Å²) in [5.74, 6) is -0.151. The van der Waals surface area contributed by atoms with Gasteiger partial charge in [0.1, 0.15) is 0 Å². The van der Waals surface area contributed by atoms with Crippen molar-refractivity contribution < 1.29 is 14.0 Å². The molecule has 4 N–H and O–H groups in total. The van der Waals surface area contributed by atoms with Gasteiger partial charge in [-0.1, -0.05) is 25.0 Å². The van der Waals surface area contributed by atoms with Crippen LogP contribution in [0.25, 0.3) is 0 Å². The smallest absolute Gasteiger partial charge is 0.291 e. The Morgan fingerprint density at radius 1 is 1.23 bits per heavy atom. The summed E-state index contributed by atoms with van der Waals surface area (Å²) in [6.07, 6.45) is 5.32. The van der Waals surface area contributed by atoms with Gasteiger partial charge in [0, 0.05) is 17.8 Å². The van der Waals surface area contributed by atoms with Gasteiger partial charge in [-0.25, -0.2) is 0 Å². The lowest BCUT2D eigenvalue weighted by Crippen LogP contribution is -2.52. The number of benzene rings is 1. The molecule has 2 atom stereocenters. The molecule has 0 saturated heterocycles. The summed E-state index contributed by atoms with van der Waals surface area (Å²) >= 11 is 0. The Kier molecular flexibility index (Phi) is 5.42. The topological polar surface area (TPSA) is 97.4 Å². The molecule has 2 unspecified atom stereocenters. The van der Waals surface area contributed by atoms with E-state index >= 15 is 0 Å². The number of amides is 2. The number of nitrogens with two attached hydrogens (primary N) is 1. The van der Waals surface area contributed by atoms with Crippen LogP contribution in [0.4, 0.5) is 5.69 Å². The van der Waals surface area contributed by atoms with Crippen LogP contribution in [0.1, 0.15) is 48.7 Å². The molecule has 6 heteroatoms. The molecule has 1 aromatic heterocycles. The fourth-order valence-corrected chi connectivity index (χ4v) is 3.41. The lowest BCUT2D eigenvalue weighted by molar-refractivity contribution is -0.128. The van der Waals surface area contributed by atoms with E-state index in [9.17, 15) is 9.59 Å². The molecule has 1 fully saturated rings. The van der Waals surface area contributed by atoms with Crippen molar-refractivity contribution in [2.24, 2.45) is 11.7 Å². The van der Waals surface area contributed by atoms with Crippen LogP contribution in [0.15, 0.2) is 47.1 Å². The second-order valence-electron chi connectivity index (χ2n) is 7.15. The Labute approximate surface area is 153 Å². The molecule has 0 bridgehead atoms. The van der Waals surface area contributed by atoms with Crippen LogP contribution in [0.5, 0.6) is 0 Å². The highest BCUT2D eigenvalue weighted by Gasteiger charge is 2.37. The van der Waals surface area contributed by atoms with Gasteiger partial charge in [-0.3, -0.25) is 9.59 Å². The fourth-order valence-electron chi connectivity index (χ4n) is 3.41. The molecule has 26 heavy (non-hydrogen) atoms. The molecule has 1 aromatic carbocycles. The number of hydrogen-bond acceptors (Lipinski definition) is 4. The Bertz CT molecular complexity index is 751. The third-order valence-corrected chi connectivity index (χ3v) is 4.99. The molecular formula is C20H25N3O3. The van der Waals surface area contributed by atoms with Gasteiger partial charge >= 0.3 is 0 Å². The Hall–Kier alpha value is -2.60. The normalized spacial score (nSPS) is 22.6. The fraction of sp³-hybridized carbons (Fsp3) is 0.400. The highest BCUT2D eigenvalue weighted by atomic mass is 16.3. The van der Waals surface area contributed by atoms with E-state index in [1.165, 1.54) is 6.26 Å². The van der Waals surface area contributed by atoms with E-state index in [1.54, 1.807) is 24.3 Å². The highest BCUT2D eigenvalue weighted by Crippen LogP contribution is 2.31. The van der Waals surface area contributed by atoms with Crippen molar-refractivity contribution in [1.82, 2.24) is 5.32 Å². The van der Waals surface area contributed by atoms with Crippen LogP contribution in [0.3, 0.4) is 0 Å². The molecule has 0 spiro atoms. The summed E-state index contributed by atoms with van der Waals surface area (Å²) in [4.78, 5) is 24.4. The van der Waals surface area contributed by atoms with Crippen LogP contribution < -0.4 is 16.4 Å². The minimum absolute atomic E-state index is 0.0184. The number of carbonyl (C=O) groups is 2. The van der Waals surface area contributed by atoms with Crippen molar-refractivity contribution in [3.63, 3.8) is 0 Å². The third kappa shape index (κ3) is 4.32. The lowest BCUT2D eigenvalue weighted by Gasteiger charge is -2.37. The van der Waals surface area contributed by atoms with Gasteiger partial charge in [-0.15, -0.1) is 0 Å². The summed E-state index contributed by atoms with van der Waals surface area (Å²) in [6.45, 7) is 2.41. The minimum atomic E-state index is -0.428. The lowest BCUT2D eigenvalue weighted by atomic mass is 9.74. The van der Waals surface area contributed by atoms with E-state index in [0.29, 0.717) is 12.2 Å². The number of nitrogens with one attached hydrogen (secondary N) is 2. The summed E-state index contributed by atoms with van der Waals surface area (Å²) in [5.41, 5.74) is 7.49. The zero-order valence-corrected chi connectivity index (χ0v) is 15.0. The van der Waals surface area contributed by atoms with Crippen molar-refractivity contribution in [3.05, 3.63) is 54.0 Å². The zero-order valence-electron chi connectivity index (χ0n) is 15.0. The van der Waals surface area contributed by atoms with Crippen LogP contribution in [-0.2, 0) is 11.3 Å². The van der Waals surface area contributed by atoms with E-state index < -0.39 is 5.54 Å². The summed E-state index contributed by atoms with van der Waals surface area (Å²) in [7, 11) is 0. The number of carbonyl (C=O) groups excluding carboxylic acids is 2. The quantitative estimate of drug-likeness (QED) is 0.768. The van der Waals surface area contributed by atoms with Crippen molar-refractivity contribution in [1.29, 1.82) is 0 Å². The van der Waals surface area contributed by atoms with Gasteiger partial charge in [-0.05, 0) is 49.6 Å². The van der Waals surface area contributed by atoms with Crippen molar-refractivity contribution in [2.75, 3.05) is 5.32 Å². The first kappa shape index (κ1) is 18.2. The summed E-state index contributed by atoms with van der Waals surface area (Å²) in [6, 6.07) is 10.6. The van der Waals surface area contributed by atoms with Crippen LogP contribution in [-0.4, -0.2) is 17.4 Å².